The zero-order valence-electron chi connectivity index (χ0n) is 15.1. The van der Waals surface area contributed by atoms with Crippen LogP contribution >= 0.6 is 0 Å². The van der Waals surface area contributed by atoms with E-state index < -0.39 is 0 Å². The summed E-state index contributed by atoms with van der Waals surface area (Å²) in [6.45, 7) is 2.03. The lowest BCUT2D eigenvalue weighted by molar-refractivity contribution is 0.101. The van der Waals surface area contributed by atoms with E-state index in [1.165, 1.54) is 12.5 Å². The van der Waals surface area contributed by atoms with Crippen LogP contribution in [0.2, 0.25) is 0 Å². The highest BCUT2D eigenvalue weighted by Crippen LogP contribution is 2.17. The number of hydrogen-bond acceptors (Lipinski definition) is 3. The van der Waals surface area contributed by atoms with Crippen molar-refractivity contribution in [3.8, 4) is 5.75 Å². The molecule has 0 unspecified atom stereocenters. The van der Waals surface area contributed by atoms with Gasteiger partial charge in [0.05, 0.1) is 6.61 Å². The topological polar surface area (TPSA) is 55.4 Å². The Morgan fingerprint density at radius 3 is 2.37 bits per heavy atom. The minimum atomic E-state index is -0.246. The molecule has 3 aromatic rings. The van der Waals surface area contributed by atoms with Gasteiger partial charge in [0.15, 0.2) is 5.78 Å². The van der Waals surface area contributed by atoms with Crippen LogP contribution in [0.5, 0.6) is 5.75 Å². The third kappa shape index (κ3) is 5.28. The van der Waals surface area contributed by atoms with E-state index in [1.54, 1.807) is 42.5 Å². The maximum Gasteiger partial charge on any atom is 0.255 e. The second-order valence-electron chi connectivity index (χ2n) is 6.20. The standard InChI is InChI=1S/C23H21NO3/c1-17(25)19-9-5-11-21(15-19)24-23(26)20-10-6-12-22(16-20)27-14-13-18-7-3-2-4-8-18/h2-12,15-16H,13-14H2,1H3,(H,24,26). The van der Waals surface area contributed by atoms with Crippen molar-refractivity contribution in [3.63, 3.8) is 0 Å². The molecule has 0 atom stereocenters. The maximum absolute atomic E-state index is 12.5. The first-order valence-electron chi connectivity index (χ1n) is 8.81. The van der Waals surface area contributed by atoms with Gasteiger partial charge in [0.25, 0.3) is 5.91 Å². The quantitative estimate of drug-likeness (QED) is 0.619. The Bertz CT molecular complexity index is 935. The smallest absolute Gasteiger partial charge is 0.255 e. The summed E-state index contributed by atoms with van der Waals surface area (Å²) in [6, 6.07) is 24.1. The van der Waals surface area contributed by atoms with Gasteiger partial charge in [-0.25, -0.2) is 0 Å². The molecule has 1 N–H and O–H groups in total. The van der Waals surface area contributed by atoms with Crippen molar-refractivity contribution in [2.45, 2.75) is 13.3 Å². The number of rotatable bonds is 7. The van der Waals surface area contributed by atoms with Crippen molar-refractivity contribution >= 4 is 17.4 Å². The highest BCUT2D eigenvalue weighted by molar-refractivity contribution is 6.05. The molecule has 0 fully saturated rings. The summed E-state index contributed by atoms with van der Waals surface area (Å²) in [7, 11) is 0. The average Bonchev–Trinajstić information content (AvgIpc) is 2.69. The van der Waals surface area contributed by atoms with Crippen LogP contribution in [0.15, 0.2) is 78.9 Å². The third-order valence-corrected chi connectivity index (χ3v) is 4.13. The summed E-state index contributed by atoms with van der Waals surface area (Å²) < 4.78 is 5.78. The molecule has 0 bridgehead atoms. The Hall–Kier alpha value is -3.40. The van der Waals surface area contributed by atoms with Crippen molar-refractivity contribution in [2.24, 2.45) is 0 Å². The SMILES string of the molecule is CC(=O)c1cccc(NC(=O)c2cccc(OCCc3ccccc3)c2)c1. The van der Waals surface area contributed by atoms with Crippen LogP contribution in [0.25, 0.3) is 0 Å². The summed E-state index contributed by atoms with van der Waals surface area (Å²) in [5.74, 6) is 0.361. The number of carbonyl (C=O) groups excluding carboxylic acids is 2. The molecule has 0 aliphatic rings. The Balaban J connectivity index is 1.61. The molecule has 0 heterocycles. The Labute approximate surface area is 158 Å². The third-order valence-electron chi connectivity index (χ3n) is 4.13. The summed E-state index contributed by atoms with van der Waals surface area (Å²) in [5.41, 5.74) is 2.85. The zero-order valence-corrected chi connectivity index (χ0v) is 15.1. The molecule has 0 saturated heterocycles. The molecule has 0 spiro atoms. The van der Waals surface area contributed by atoms with Gasteiger partial charge in [-0.1, -0.05) is 48.5 Å². The number of benzene rings is 3. The molecule has 0 saturated carbocycles. The number of hydrogen-bond donors (Lipinski definition) is 1. The van der Waals surface area contributed by atoms with Crippen molar-refractivity contribution in [1.82, 2.24) is 0 Å². The molecule has 0 aliphatic heterocycles. The number of nitrogens with one attached hydrogen (secondary N) is 1. The lowest BCUT2D eigenvalue weighted by Crippen LogP contribution is -2.12. The number of anilines is 1. The summed E-state index contributed by atoms with van der Waals surface area (Å²) in [6.07, 6.45) is 0.801. The predicted octanol–water partition coefficient (Wildman–Crippen LogP) is 4.76. The maximum atomic E-state index is 12.5. The van der Waals surface area contributed by atoms with Crippen molar-refractivity contribution < 1.29 is 14.3 Å². The molecule has 3 aromatic carbocycles. The van der Waals surface area contributed by atoms with Gasteiger partial charge in [-0.15, -0.1) is 0 Å². The predicted molar refractivity (Wildman–Crippen MR) is 106 cm³/mol. The normalized spacial score (nSPS) is 10.3. The number of ether oxygens (including phenoxy) is 1. The lowest BCUT2D eigenvalue weighted by atomic mass is 10.1. The van der Waals surface area contributed by atoms with E-state index in [-0.39, 0.29) is 11.7 Å². The lowest BCUT2D eigenvalue weighted by Gasteiger charge is -2.09. The molecule has 27 heavy (non-hydrogen) atoms. The van der Waals surface area contributed by atoms with Crippen LogP contribution < -0.4 is 10.1 Å². The first-order valence-corrected chi connectivity index (χ1v) is 8.81. The van der Waals surface area contributed by atoms with Gasteiger partial charge in [-0.05, 0) is 42.8 Å². The van der Waals surface area contributed by atoms with Crippen LogP contribution in [0, 0.1) is 0 Å². The largest absolute Gasteiger partial charge is 0.493 e. The van der Waals surface area contributed by atoms with E-state index in [1.807, 2.05) is 24.3 Å². The number of carbonyl (C=O) groups is 2. The number of ketones is 1. The fourth-order valence-electron chi connectivity index (χ4n) is 2.68. The molecule has 1 amide bonds. The Kier molecular flexibility index (Phi) is 6.00. The van der Waals surface area contributed by atoms with Crippen LogP contribution in [0.4, 0.5) is 5.69 Å². The second kappa shape index (κ2) is 8.81. The molecule has 0 aromatic heterocycles. The van der Waals surface area contributed by atoms with Crippen LogP contribution in [-0.4, -0.2) is 18.3 Å². The van der Waals surface area contributed by atoms with Crippen molar-refractivity contribution in [1.29, 1.82) is 0 Å². The van der Waals surface area contributed by atoms with Gasteiger partial charge in [0.2, 0.25) is 0 Å². The van der Waals surface area contributed by atoms with E-state index in [4.69, 9.17) is 4.74 Å². The van der Waals surface area contributed by atoms with E-state index in [0.29, 0.717) is 29.2 Å². The minimum Gasteiger partial charge on any atom is -0.493 e. The van der Waals surface area contributed by atoms with Gasteiger partial charge >= 0.3 is 0 Å². The molecule has 4 heteroatoms. The van der Waals surface area contributed by atoms with Crippen molar-refractivity contribution in [2.75, 3.05) is 11.9 Å². The summed E-state index contributed by atoms with van der Waals surface area (Å²) >= 11 is 0. The minimum absolute atomic E-state index is 0.0417. The monoisotopic (exact) mass is 359 g/mol. The average molecular weight is 359 g/mol. The molecule has 136 valence electrons. The first kappa shape index (κ1) is 18.4. The molecule has 0 radical (unpaired) electrons. The number of amides is 1. The second-order valence-corrected chi connectivity index (χ2v) is 6.20. The molecule has 3 rings (SSSR count). The van der Waals surface area contributed by atoms with Gasteiger partial charge < -0.3 is 10.1 Å². The molecular weight excluding hydrogens is 338 g/mol. The van der Waals surface area contributed by atoms with Crippen molar-refractivity contribution in [3.05, 3.63) is 95.6 Å². The Morgan fingerprint density at radius 2 is 1.59 bits per heavy atom. The summed E-state index contributed by atoms with van der Waals surface area (Å²) in [5, 5.41) is 2.82. The Morgan fingerprint density at radius 1 is 0.852 bits per heavy atom. The van der Waals surface area contributed by atoms with Crippen LogP contribution in [0.1, 0.15) is 33.2 Å². The molecule has 4 nitrogen and oxygen atoms in total. The van der Waals surface area contributed by atoms with E-state index in [2.05, 4.69) is 17.4 Å². The fraction of sp³-hybridized carbons (Fsp3) is 0.130. The van der Waals surface area contributed by atoms with E-state index in [9.17, 15) is 9.59 Å². The first-order chi connectivity index (χ1) is 13.1. The van der Waals surface area contributed by atoms with Gasteiger partial charge in [0, 0.05) is 23.2 Å². The van der Waals surface area contributed by atoms with Crippen LogP contribution in [0.3, 0.4) is 0 Å². The molecular formula is C23H21NO3. The summed E-state index contributed by atoms with van der Waals surface area (Å²) in [4.78, 5) is 24.0. The van der Waals surface area contributed by atoms with E-state index in [0.717, 1.165) is 6.42 Å². The zero-order chi connectivity index (χ0) is 19.1. The number of Topliss-reactive ketones (excluding diaryl/α,β-unsaturated/α-hetero) is 1. The highest BCUT2D eigenvalue weighted by Gasteiger charge is 2.09. The van der Waals surface area contributed by atoms with Gasteiger partial charge in [-0.3, -0.25) is 9.59 Å². The fourth-order valence-corrected chi connectivity index (χ4v) is 2.68. The van der Waals surface area contributed by atoms with Gasteiger partial charge in [0.1, 0.15) is 5.75 Å². The van der Waals surface area contributed by atoms with Gasteiger partial charge in [-0.2, -0.15) is 0 Å². The van der Waals surface area contributed by atoms with E-state index >= 15 is 0 Å². The highest BCUT2D eigenvalue weighted by atomic mass is 16.5. The van der Waals surface area contributed by atoms with Crippen LogP contribution in [-0.2, 0) is 6.42 Å². The molecule has 0 aliphatic carbocycles.